The molecule has 1 heterocycles. The molecule has 1 aliphatic rings. The van der Waals surface area contributed by atoms with Crippen LogP contribution in [0.4, 0.5) is 0 Å². The van der Waals surface area contributed by atoms with E-state index in [2.05, 4.69) is 4.72 Å². The molecule has 2 aromatic carbocycles. The fraction of sp³-hybridized carbons (Fsp3) is 0.133. The zero-order valence-electron chi connectivity index (χ0n) is 12.2. The SMILES string of the molecule is O=C(O)c1cc(S(=O)(=O)NCc2ccc3c(c2)OCO3)ccc1O. The zero-order valence-corrected chi connectivity index (χ0v) is 13.0. The number of ether oxygens (including phenoxy) is 2. The molecule has 3 rings (SSSR count). The van der Waals surface area contributed by atoms with E-state index in [1.807, 2.05) is 0 Å². The monoisotopic (exact) mass is 351 g/mol. The smallest absolute Gasteiger partial charge is 0.339 e. The standard InChI is InChI=1S/C15H13NO7S/c17-12-3-2-10(6-11(12)15(18)19)24(20,21)16-7-9-1-4-13-14(5-9)23-8-22-13/h1-6,16-17H,7-8H2,(H,18,19). The van der Waals surface area contributed by atoms with E-state index in [-0.39, 0.29) is 18.2 Å². The number of phenols is 1. The van der Waals surface area contributed by atoms with E-state index in [1.165, 1.54) is 0 Å². The molecule has 1 aliphatic heterocycles. The molecule has 2 aromatic rings. The van der Waals surface area contributed by atoms with Crippen molar-refractivity contribution < 1.29 is 32.9 Å². The van der Waals surface area contributed by atoms with Crippen LogP contribution in [-0.2, 0) is 16.6 Å². The number of hydrogen-bond donors (Lipinski definition) is 3. The number of fused-ring (bicyclic) bond motifs is 1. The van der Waals surface area contributed by atoms with E-state index >= 15 is 0 Å². The number of hydrogen-bond acceptors (Lipinski definition) is 6. The van der Waals surface area contributed by atoms with Gasteiger partial charge in [-0.15, -0.1) is 0 Å². The number of carboxylic acids is 1. The van der Waals surface area contributed by atoms with Gasteiger partial charge in [0.15, 0.2) is 11.5 Å². The first kappa shape index (κ1) is 16.1. The Bertz CT molecular complexity index is 908. The van der Waals surface area contributed by atoms with E-state index in [1.54, 1.807) is 18.2 Å². The Morgan fingerprint density at radius 1 is 1.12 bits per heavy atom. The number of aromatic carboxylic acids is 1. The number of sulfonamides is 1. The van der Waals surface area contributed by atoms with Gasteiger partial charge in [-0.3, -0.25) is 0 Å². The van der Waals surface area contributed by atoms with Gasteiger partial charge in [0.05, 0.1) is 4.90 Å². The fourth-order valence-electron chi connectivity index (χ4n) is 2.17. The van der Waals surface area contributed by atoms with Gasteiger partial charge in [-0.05, 0) is 35.9 Å². The molecule has 126 valence electrons. The second-order valence-electron chi connectivity index (χ2n) is 5.00. The summed E-state index contributed by atoms with van der Waals surface area (Å²) in [5.41, 5.74) is 0.168. The van der Waals surface area contributed by atoms with Gasteiger partial charge < -0.3 is 19.7 Å². The summed E-state index contributed by atoms with van der Waals surface area (Å²) in [6, 6.07) is 8.08. The summed E-state index contributed by atoms with van der Waals surface area (Å²) in [6.45, 7) is 0.109. The molecular weight excluding hydrogens is 338 g/mol. The van der Waals surface area contributed by atoms with Crippen LogP contribution in [0.2, 0.25) is 0 Å². The third-order valence-corrected chi connectivity index (χ3v) is 4.81. The summed E-state index contributed by atoms with van der Waals surface area (Å²) in [5, 5.41) is 18.4. The highest BCUT2D eigenvalue weighted by molar-refractivity contribution is 7.89. The molecule has 0 saturated heterocycles. The van der Waals surface area contributed by atoms with Crippen LogP contribution in [0.3, 0.4) is 0 Å². The topological polar surface area (TPSA) is 122 Å². The van der Waals surface area contributed by atoms with Crippen LogP contribution in [0.1, 0.15) is 15.9 Å². The summed E-state index contributed by atoms with van der Waals surface area (Å²) in [7, 11) is -3.94. The third-order valence-electron chi connectivity index (χ3n) is 3.41. The quantitative estimate of drug-likeness (QED) is 0.742. The molecule has 0 bridgehead atoms. The zero-order chi connectivity index (χ0) is 17.3. The third kappa shape index (κ3) is 3.12. The lowest BCUT2D eigenvalue weighted by atomic mass is 10.2. The van der Waals surface area contributed by atoms with Crippen LogP contribution in [0.5, 0.6) is 17.2 Å². The van der Waals surface area contributed by atoms with Crippen molar-refractivity contribution in [2.75, 3.05) is 6.79 Å². The van der Waals surface area contributed by atoms with Crippen molar-refractivity contribution >= 4 is 16.0 Å². The average molecular weight is 351 g/mol. The predicted molar refractivity (Wildman–Crippen MR) is 81.7 cm³/mol. The summed E-state index contributed by atoms with van der Waals surface area (Å²) in [6.07, 6.45) is 0. The highest BCUT2D eigenvalue weighted by atomic mass is 32.2. The summed E-state index contributed by atoms with van der Waals surface area (Å²) < 4.78 is 37.3. The lowest BCUT2D eigenvalue weighted by Gasteiger charge is -2.09. The van der Waals surface area contributed by atoms with Gasteiger partial charge in [0.2, 0.25) is 16.8 Å². The van der Waals surface area contributed by atoms with Crippen molar-refractivity contribution in [1.82, 2.24) is 4.72 Å². The lowest BCUT2D eigenvalue weighted by Crippen LogP contribution is -2.23. The molecule has 0 saturated carbocycles. The second kappa shape index (κ2) is 6.02. The van der Waals surface area contributed by atoms with Crippen LogP contribution in [0.15, 0.2) is 41.3 Å². The van der Waals surface area contributed by atoms with Crippen LogP contribution in [0.25, 0.3) is 0 Å². The van der Waals surface area contributed by atoms with Crippen LogP contribution < -0.4 is 14.2 Å². The van der Waals surface area contributed by atoms with E-state index in [9.17, 15) is 18.3 Å². The molecule has 9 heteroatoms. The Balaban J connectivity index is 1.79. The van der Waals surface area contributed by atoms with E-state index in [4.69, 9.17) is 14.6 Å². The van der Waals surface area contributed by atoms with Gasteiger partial charge in [0.1, 0.15) is 11.3 Å². The van der Waals surface area contributed by atoms with Gasteiger partial charge in [-0.1, -0.05) is 6.07 Å². The van der Waals surface area contributed by atoms with Gasteiger partial charge in [-0.25, -0.2) is 17.9 Å². The molecule has 8 nitrogen and oxygen atoms in total. The molecule has 0 radical (unpaired) electrons. The molecule has 24 heavy (non-hydrogen) atoms. The molecular formula is C15H13NO7S. The highest BCUT2D eigenvalue weighted by Gasteiger charge is 2.19. The van der Waals surface area contributed by atoms with Crippen molar-refractivity contribution in [3.63, 3.8) is 0 Å². The first-order chi connectivity index (χ1) is 11.4. The van der Waals surface area contributed by atoms with Gasteiger partial charge in [-0.2, -0.15) is 0 Å². The van der Waals surface area contributed by atoms with Crippen molar-refractivity contribution in [3.05, 3.63) is 47.5 Å². The van der Waals surface area contributed by atoms with Crippen LogP contribution in [0, 0.1) is 0 Å². The van der Waals surface area contributed by atoms with E-state index < -0.39 is 27.3 Å². The maximum Gasteiger partial charge on any atom is 0.339 e. The lowest BCUT2D eigenvalue weighted by molar-refractivity contribution is 0.0693. The number of rotatable bonds is 5. The van der Waals surface area contributed by atoms with Crippen LogP contribution >= 0.6 is 0 Å². The predicted octanol–water partition coefficient (Wildman–Crippen LogP) is 1.30. The number of benzene rings is 2. The van der Waals surface area contributed by atoms with Crippen molar-refractivity contribution in [2.24, 2.45) is 0 Å². The average Bonchev–Trinajstić information content (AvgIpc) is 3.00. The number of carbonyl (C=O) groups is 1. The minimum absolute atomic E-state index is 0.0117. The Hall–Kier alpha value is -2.78. The van der Waals surface area contributed by atoms with Gasteiger partial charge >= 0.3 is 5.97 Å². The largest absolute Gasteiger partial charge is 0.507 e. The molecule has 0 amide bonds. The molecule has 0 fully saturated rings. The molecule has 0 aliphatic carbocycles. The summed E-state index contributed by atoms with van der Waals surface area (Å²) in [5.74, 6) is -0.798. The van der Waals surface area contributed by atoms with Crippen LogP contribution in [-0.4, -0.2) is 31.4 Å². The molecule has 0 spiro atoms. The molecule has 0 aromatic heterocycles. The highest BCUT2D eigenvalue weighted by Crippen LogP contribution is 2.32. The number of nitrogens with one attached hydrogen (secondary N) is 1. The Labute approximate surface area is 137 Å². The Kier molecular flexibility index (Phi) is 4.04. The summed E-state index contributed by atoms with van der Waals surface area (Å²) in [4.78, 5) is 10.7. The normalized spacial score (nSPS) is 13.0. The number of aromatic hydroxyl groups is 1. The minimum Gasteiger partial charge on any atom is -0.507 e. The van der Waals surface area contributed by atoms with E-state index in [0.29, 0.717) is 17.1 Å². The fourth-order valence-corrected chi connectivity index (χ4v) is 3.21. The molecule has 0 atom stereocenters. The van der Waals surface area contributed by atoms with Crippen molar-refractivity contribution in [1.29, 1.82) is 0 Å². The minimum atomic E-state index is -3.94. The van der Waals surface area contributed by atoms with Crippen molar-refractivity contribution in [3.8, 4) is 17.2 Å². The Morgan fingerprint density at radius 3 is 2.62 bits per heavy atom. The van der Waals surface area contributed by atoms with Gasteiger partial charge in [0.25, 0.3) is 0 Å². The van der Waals surface area contributed by atoms with Crippen molar-refractivity contribution in [2.45, 2.75) is 11.4 Å². The maximum absolute atomic E-state index is 12.3. The van der Waals surface area contributed by atoms with E-state index in [0.717, 1.165) is 18.2 Å². The first-order valence-electron chi connectivity index (χ1n) is 6.81. The molecule has 3 N–H and O–H groups in total. The summed E-state index contributed by atoms with van der Waals surface area (Å²) >= 11 is 0. The molecule has 0 unspecified atom stereocenters. The second-order valence-corrected chi connectivity index (χ2v) is 6.76. The number of carboxylic acid groups (broad SMARTS) is 1. The maximum atomic E-state index is 12.3. The Morgan fingerprint density at radius 2 is 1.88 bits per heavy atom. The first-order valence-corrected chi connectivity index (χ1v) is 8.29. The van der Waals surface area contributed by atoms with Gasteiger partial charge in [0, 0.05) is 6.54 Å².